The van der Waals surface area contributed by atoms with Crippen LogP contribution in [0.15, 0.2) is 35.3 Å². The Morgan fingerprint density at radius 2 is 2.00 bits per heavy atom. The molecule has 0 bridgehead atoms. The van der Waals surface area contributed by atoms with E-state index in [2.05, 4.69) is 19.9 Å². The van der Waals surface area contributed by atoms with E-state index in [0.717, 1.165) is 12.0 Å². The number of aromatic nitrogens is 4. The number of nitrogens with zero attached hydrogens (tertiary/aromatic N) is 3. The summed E-state index contributed by atoms with van der Waals surface area (Å²) in [6.07, 6.45) is 3.12. The maximum Gasteiger partial charge on any atom is 0.262 e. The Hall–Kier alpha value is -2.76. The number of aromatic amines is 1. The molecule has 0 saturated heterocycles. The van der Waals surface area contributed by atoms with Crippen LogP contribution in [0.1, 0.15) is 26.1 Å². The molecule has 0 aliphatic rings. The summed E-state index contributed by atoms with van der Waals surface area (Å²) in [7, 11) is 0. The van der Waals surface area contributed by atoms with Crippen molar-refractivity contribution in [2.75, 3.05) is 6.61 Å². The molecular weight excluding hydrogens is 292 g/mol. The van der Waals surface area contributed by atoms with Gasteiger partial charge in [-0.15, -0.1) is 0 Å². The second-order valence-electron chi connectivity index (χ2n) is 5.14. The van der Waals surface area contributed by atoms with Gasteiger partial charge in [0.1, 0.15) is 22.8 Å². The maximum absolute atomic E-state index is 12.3. The molecule has 118 valence electrons. The number of ether oxygens (including phenoxy) is 1. The molecule has 6 heteroatoms. The monoisotopic (exact) mass is 310 g/mol. The van der Waals surface area contributed by atoms with Crippen LogP contribution in [0, 0.1) is 0 Å². The van der Waals surface area contributed by atoms with Gasteiger partial charge in [-0.2, -0.15) is 0 Å². The molecule has 6 nitrogen and oxygen atoms in total. The van der Waals surface area contributed by atoms with E-state index in [4.69, 9.17) is 4.74 Å². The van der Waals surface area contributed by atoms with Crippen LogP contribution in [-0.4, -0.2) is 26.5 Å². The molecule has 2 heterocycles. The van der Waals surface area contributed by atoms with E-state index in [1.165, 1.54) is 6.20 Å². The Labute approximate surface area is 133 Å². The van der Waals surface area contributed by atoms with Crippen molar-refractivity contribution in [1.82, 2.24) is 19.9 Å². The zero-order valence-corrected chi connectivity index (χ0v) is 13.2. The first-order chi connectivity index (χ1) is 11.2. The molecule has 0 radical (unpaired) electrons. The summed E-state index contributed by atoms with van der Waals surface area (Å²) in [5.41, 5.74) is 0.899. The number of hydrogen-bond acceptors (Lipinski definition) is 5. The lowest BCUT2D eigenvalue weighted by Gasteiger charge is -2.10. The van der Waals surface area contributed by atoms with Crippen LogP contribution in [0.25, 0.3) is 22.4 Å². The molecule has 0 aliphatic carbocycles. The Bertz CT molecular complexity index is 889. The lowest BCUT2D eigenvalue weighted by Crippen LogP contribution is -2.12. The molecule has 0 spiro atoms. The van der Waals surface area contributed by atoms with Gasteiger partial charge in [0.25, 0.3) is 5.56 Å². The van der Waals surface area contributed by atoms with Gasteiger partial charge >= 0.3 is 0 Å². The Balaban J connectivity index is 2.15. The highest BCUT2D eigenvalue weighted by Crippen LogP contribution is 2.27. The van der Waals surface area contributed by atoms with Crippen molar-refractivity contribution < 1.29 is 4.74 Å². The quantitative estimate of drug-likeness (QED) is 0.783. The Morgan fingerprint density at radius 3 is 2.78 bits per heavy atom. The van der Waals surface area contributed by atoms with Crippen molar-refractivity contribution in [1.29, 1.82) is 0 Å². The number of H-pyrrole nitrogens is 1. The zero-order chi connectivity index (χ0) is 16.2. The fourth-order valence-corrected chi connectivity index (χ4v) is 2.26. The van der Waals surface area contributed by atoms with E-state index < -0.39 is 0 Å². The van der Waals surface area contributed by atoms with Gasteiger partial charge in [-0.1, -0.05) is 26.0 Å². The summed E-state index contributed by atoms with van der Waals surface area (Å²) in [6.45, 7) is 4.61. The largest absolute Gasteiger partial charge is 0.493 e. The molecule has 0 atom stereocenters. The normalized spacial score (nSPS) is 10.9. The summed E-state index contributed by atoms with van der Waals surface area (Å²) in [4.78, 5) is 28.1. The fourth-order valence-electron chi connectivity index (χ4n) is 2.26. The Kier molecular flexibility index (Phi) is 4.32. The molecule has 1 N–H and O–H groups in total. The van der Waals surface area contributed by atoms with Gasteiger partial charge < -0.3 is 9.72 Å². The zero-order valence-electron chi connectivity index (χ0n) is 13.2. The molecule has 0 fully saturated rings. The molecule has 23 heavy (non-hydrogen) atoms. The smallest absolute Gasteiger partial charge is 0.262 e. The number of fused-ring (bicyclic) bond motifs is 1. The van der Waals surface area contributed by atoms with Crippen LogP contribution in [0.3, 0.4) is 0 Å². The van der Waals surface area contributed by atoms with Crippen molar-refractivity contribution in [3.8, 4) is 17.1 Å². The summed E-state index contributed by atoms with van der Waals surface area (Å²) in [6, 6.07) is 7.52. The summed E-state index contributed by atoms with van der Waals surface area (Å²) >= 11 is 0. The predicted octanol–water partition coefficient (Wildman–Crippen LogP) is 2.73. The number of hydrogen-bond donors (Lipinski definition) is 1. The third-order valence-corrected chi connectivity index (χ3v) is 3.43. The minimum Gasteiger partial charge on any atom is -0.493 e. The SMILES string of the molecule is CCCOc1ccccc1-c1nc2nc(CC)ncc2c(=O)[nH]1. The highest BCUT2D eigenvalue weighted by molar-refractivity contribution is 5.76. The third kappa shape index (κ3) is 3.06. The maximum atomic E-state index is 12.3. The highest BCUT2D eigenvalue weighted by Gasteiger charge is 2.12. The number of para-hydroxylation sites is 1. The van der Waals surface area contributed by atoms with Gasteiger partial charge in [0.05, 0.1) is 12.2 Å². The minimum absolute atomic E-state index is 0.252. The van der Waals surface area contributed by atoms with Crippen LogP contribution in [0.2, 0.25) is 0 Å². The van der Waals surface area contributed by atoms with Gasteiger partial charge in [0, 0.05) is 12.6 Å². The van der Waals surface area contributed by atoms with Gasteiger partial charge in [-0.05, 0) is 18.6 Å². The summed E-state index contributed by atoms with van der Waals surface area (Å²) in [5.74, 6) is 1.81. The van der Waals surface area contributed by atoms with E-state index in [0.29, 0.717) is 41.5 Å². The van der Waals surface area contributed by atoms with E-state index in [-0.39, 0.29) is 5.56 Å². The van der Waals surface area contributed by atoms with Crippen molar-refractivity contribution in [2.45, 2.75) is 26.7 Å². The molecule has 0 unspecified atom stereocenters. The van der Waals surface area contributed by atoms with E-state index >= 15 is 0 Å². The van der Waals surface area contributed by atoms with E-state index in [9.17, 15) is 4.79 Å². The van der Waals surface area contributed by atoms with E-state index in [1.807, 2.05) is 38.1 Å². The van der Waals surface area contributed by atoms with E-state index in [1.54, 1.807) is 0 Å². The van der Waals surface area contributed by atoms with Crippen LogP contribution in [0.5, 0.6) is 5.75 Å². The molecule has 0 saturated carbocycles. The standard InChI is InChI=1S/C17H18N4O2/c1-3-9-23-13-8-6-5-7-11(13)15-20-16-12(17(22)21-15)10-18-14(4-2)19-16/h5-8,10H,3-4,9H2,1-2H3,(H,18,19,20,21,22). The number of benzene rings is 1. The van der Waals surface area contributed by atoms with Crippen LogP contribution in [0.4, 0.5) is 0 Å². The topological polar surface area (TPSA) is 80.8 Å². The Morgan fingerprint density at radius 1 is 1.17 bits per heavy atom. The van der Waals surface area contributed by atoms with Crippen LogP contribution in [-0.2, 0) is 6.42 Å². The highest BCUT2D eigenvalue weighted by atomic mass is 16.5. The fraction of sp³-hybridized carbons (Fsp3) is 0.294. The second kappa shape index (κ2) is 6.56. The van der Waals surface area contributed by atoms with Crippen LogP contribution < -0.4 is 10.3 Å². The van der Waals surface area contributed by atoms with Gasteiger partial charge in [0.2, 0.25) is 0 Å². The molecule has 0 amide bonds. The van der Waals surface area contributed by atoms with Gasteiger partial charge in [0.15, 0.2) is 5.65 Å². The van der Waals surface area contributed by atoms with Crippen LogP contribution >= 0.6 is 0 Å². The molecule has 2 aromatic heterocycles. The minimum atomic E-state index is -0.252. The van der Waals surface area contributed by atoms with Gasteiger partial charge in [-0.25, -0.2) is 15.0 Å². The first-order valence-corrected chi connectivity index (χ1v) is 7.71. The molecule has 0 aliphatic heterocycles. The summed E-state index contributed by atoms with van der Waals surface area (Å²) < 4.78 is 5.74. The van der Waals surface area contributed by atoms with Crippen molar-refractivity contribution in [2.24, 2.45) is 0 Å². The predicted molar refractivity (Wildman–Crippen MR) is 88.6 cm³/mol. The van der Waals surface area contributed by atoms with Gasteiger partial charge in [-0.3, -0.25) is 4.79 Å². The van der Waals surface area contributed by atoms with Crippen molar-refractivity contribution in [3.63, 3.8) is 0 Å². The lowest BCUT2D eigenvalue weighted by molar-refractivity contribution is 0.318. The number of aryl methyl sites for hydroxylation is 1. The third-order valence-electron chi connectivity index (χ3n) is 3.43. The molecular formula is C17H18N4O2. The average Bonchev–Trinajstić information content (AvgIpc) is 2.59. The first kappa shape index (κ1) is 15.1. The first-order valence-electron chi connectivity index (χ1n) is 7.71. The average molecular weight is 310 g/mol. The van der Waals surface area contributed by atoms with Crippen molar-refractivity contribution in [3.05, 3.63) is 46.6 Å². The molecule has 3 rings (SSSR count). The van der Waals surface area contributed by atoms with Crippen molar-refractivity contribution >= 4 is 11.0 Å². The number of rotatable bonds is 5. The molecule has 3 aromatic rings. The lowest BCUT2D eigenvalue weighted by atomic mass is 10.2. The second-order valence-corrected chi connectivity index (χ2v) is 5.14. The summed E-state index contributed by atoms with van der Waals surface area (Å²) in [5, 5.41) is 0.387. The molecule has 1 aromatic carbocycles. The number of nitrogens with one attached hydrogen (secondary N) is 1.